The number of hydrogen-bond acceptors (Lipinski definition) is 4. The average molecular weight is 384 g/mol. The molecule has 2 heterocycles. The van der Waals surface area contributed by atoms with E-state index in [4.69, 9.17) is 4.74 Å². The van der Waals surface area contributed by atoms with Crippen molar-refractivity contribution in [1.82, 2.24) is 14.8 Å². The van der Waals surface area contributed by atoms with Gasteiger partial charge in [0.15, 0.2) is 0 Å². The summed E-state index contributed by atoms with van der Waals surface area (Å²) in [7, 11) is 0. The van der Waals surface area contributed by atoms with E-state index in [-0.39, 0.29) is 5.56 Å². The summed E-state index contributed by atoms with van der Waals surface area (Å²) in [5.41, 5.74) is 2.91. The highest BCUT2D eigenvalue weighted by atomic mass is 79.9. The van der Waals surface area contributed by atoms with Crippen LogP contribution in [0, 0.1) is 0 Å². The third kappa shape index (κ3) is 2.85. The molecule has 0 amide bonds. The van der Waals surface area contributed by atoms with Crippen LogP contribution >= 0.6 is 15.9 Å². The van der Waals surface area contributed by atoms with Crippen molar-refractivity contribution < 1.29 is 4.74 Å². The van der Waals surface area contributed by atoms with Gasteiger partial charge < -0.3 is 4.74 Å². The van der Waals surface area contributed by atoms with Crippen LogP contribution in [0.5, 0.6) is 5.75 Å². The first-order valence-corrected chi connectivity index (χ1v) is 8.44. The minimum atomic E-state index is -0.149. The first-order chi connectivity index (χ1) is 11.7. The van der Waals surface area contributed by atoms with Crippen LogP contribution in [-0.4, -0.2) is 14.8 Å². The predicted molar refractivity (Wildman–Crippen MR) is 93.5 cm³/mol. The Morgan fingerprint density at radius 1 is 1.12 bits per heavy atom. The summed E-state index contributed by atoms with van der Waals surface area (Å²) in [4.78, 5) is 12.1. The molecule has 0 spiro atoms. The molecule has 0 atom stereocenters. The minimum Gasteiger partial charge on any atom is -0.489 e. The normalized spacial score (nSPS) is 12.4. The number of hydrogen-bond donors (Lipinski definition) is 0. The first-order valence-electron chi connectivity index (χ1n) is 7.65. The Hall–Kier alpha value is -2.47. The first kappa shape index (κ1) is 15.1. The van der Waals surface area contributed by atoms with Crippen LogP contribution < -0.4 is 10.3 Å². The van der Waals surface area contributed by atoms with E-state index in [0.717, 1.165) is 33.5 Å². The Morgan fingerprint density at radius 2 is 1.96 bits per heavy atom. The topological polar surface area (TPSA) is 57.0 Å². The highest BCUT2D eigenvalue weighted by molar-refractivity contribution is 9.10. The van der Waals surface area contributed by atoms with Gasteiger partial charge in [-0.2, -0.15) is 5.10 Å². The number of aryl methyl sites for hydroxylation is 2. The molecule has 0 aliphatic carbocycles. The van der Waals surface area contributed by atoms with Crippen molar-refractivity contribution in [3.8, 4) is 11.4 Å². The van der Waals surface area contributed by atoms with Gasteiger partial charge in [0.25, 0.3) is 5.56 Å². The fraction of sp³-hybridized carbons (Fsp3) is 0.167. The van der Waals surface area contributed by atoms with E-state index in [1.165, 1.54) is 6.20 Å². The van der Waals surface area contributed by atoms with Gasteiger partial charge in [0.05, 0.1) is 5.69 Å². The minimum absolute atomic E-state index is 0.149. The summed E-state index contributed by atoms with van der Waals surface area (Å²) >= 11 is 3.42. The fourth-order valence-electron chi connectivity index (χ4n) is 2.86. The Bertz CT molecular complexity index is 951. The second-order valence-corrected chi connectivity index (χ2v) is 6.56. The molecule has 24 heavy (non-hydrogen) atoms. The van der Waals surface area contributed by atoms with Gasteiger partial charge in [-0.15, -0.1) is 5.10 Å². The second-order valence-electron chi connectivity index (χ2n) is 5.64. The molecule has 0 N–H and O–H groups in total. The van der Waals surface area contributed by atoms with E-state index in [1.807, 2.05) is 42.5 Å². The maximum Gasteiger partial charge on any atom is 0.276 e. The smallest absolute Gasteiger partial charge is 0.276 e. The van der Waals surface area contributed by atoms with Gasteiger partial charge in [-0.1, -0.05) is 28.1 Å². The summed E-state index contributed by atoms with van der Waals surface area (Å²) < 4.78 is 8.56. The monoisotopic (exact) mass is 383 g/mol. The van der Waals surface area contributed by atoms with E-state index in [1.54, 1.807) is 4.57 Å². The zero-order valence-electron chi connectivity index (χ0n) is 12.8. The van der Waals surface area contributed by atoms with Crippen LogP contribution in [0.15, 0.2) is 57.9 Å². The summed E-state index contributed by atoms with van der Waals surface area (Å²) in [5, 5.41) is 7.81. The molecule has 1 aromatic heterocycles. The van der Waals surface area contributed by atoms with Crippen molar-refractivity contribution in [2.75, 3.05) is 0 Å². The summed E-state index contributed by atoms with van der Waals surface area (Å²) in [5.74, 6) is 1.51. The largest absolute Gasteiger partial charge is 0.489 e. The third-order valence-electron chi connectivity index (χ3n) is 4.05. The van der Waals surface area contributed by atoms with E-state index in [9.17, 15) is 4.79 Å². The molecule has 120 valence electrons. The molecular formula is C18H14BrN3O2. The van der Waals surface area contributed by atoms with Crippen LogP contribution in [0.2, 0.25) is 0 Å². The summed E-state index contributed by atoms with van der Waals surface area (Å²) in [6.45, 7) is 0.508. The maximum absolute atomic E-state index is 12.1. The SMILES string of the molecule is O=c1cnnc2n1-c1ccc(OCc3ccc(Br)cc3)cc1CC2. The molecular weight excluding hydrogens is 370 g/mol. The molecule has 4 rings (SSSR count). The molecule has 0 fully saturated rings. The number of halogens is 1. The fourth-order valence-corrected chi connectivity index (χ4v) is 3.12. The molecule has 1 aliphatic heterocycles. The van der Waals surface area contributed by atoms with Gasteiger partial charge in [-0.25, -0.2) is 0 Å². The number of rotatable bonds is 3. The number of fused-ring (bicyclic) bond motifs is 3. The van der Waals surface area contributed by atoms with Gasteiger partial charge >= 0.3 is 0 Å². The zero-order valence-corrected chi connectivity index (χ0v) is 14.4. The average Bonchev–Trinajstić information content (AvgIpc) is 2.61. The van der Waals surface area contributed by atoms with Crippen molar-refractivity contribution in [3.63, 3.8) is 0 Å². The molecule has 5 nitrogen and oxygen atoms in total. The Kier molecular flexibility index (Phi) is 3.90. The number of nitrogens with zero attached hydrogens (tertiary/aromatic N) is 3. The molecule has 0 bridgehead atoms. The Balaban J connectivity index is 1.59. The van der Waals surface area contributed by atoms with Gasteiger partial charge in [0, 0.05) is 10.9 Å². The Labute approximate surface area is 147 Å². The van der Waals surface area contributed by atoms with E-state index in [2.05, 4.69) is 26.1 Å². The standard InChI is InChI=1S/C18H14BrN3O2/c19-14-4-1-12(2-5-14)11-24-15-6-7-16-13(9-15)3-8-17-21-20-10-18(23)22(16)17/h1-2,4-7,9-10H,3,8,11H2. The third-order valence-corrected chi connectivity index (χ3v) is 4.58. The highest BCUT2D eigenvalue weighted by Gasteiger charge is 2.18. The second kappa shape index (κ2) is 6.20. The molecule has 0 saturated carbocycles. The molecule has 1 aliphatic rings. The maximum atomic E-state index is 12.1. The molecule has 3 aromatic rings. The molecule has 6 heteroatoms. The number of benzene rings is 2. The molecule has 2 aromatic carbocycles. The zero-order chi connectivity index (χ0) is 16.5. The van der Waals surface area contributed by atoms with E-state index >= 15 is 0 Å². The number of aromatic nitrogens is 3. The predicted octanol–water partition coefficient (Wildman–Crippen LogP) is 3.07. The van der Waals surface area contributed by atoms with Gasteiger partial charge in [0.1, 0.15) is 24.4 Å². The lowest BCUT2D eigenvalue weighted by Crippen LogP contribution is -2.28. The van der Waals surface area contributed by atoms with Crippen molar-refractivity contribution in [3.05, 3.63) is 80.4 Å². The van der Waals surface area contributed by atoms with Crippen LogP contribution in [0.3, 0.4) is 0 Å². The van der Waals surface area contributed by atoms with E-state index < -0.39 is 0 Å². The van der Waals surface area contributed by atoms with Gasteiger partial charge in [0.2, 0.25) is 0 Å². The summed E-state index contributed by atoms with van der Waals surface area (Å²) in [6, 6.07) is 13.8. The lowest BCUT2D eigenvalue weighted by molar-refractivity contribution is 0.306. The van der Waals surface area contributed by atoms with E-state index in [0.29, 0.717) is 18.9 Å². The number of ether oxygens (including phenoxy) is 1. The highest BCUT2D eigenvalue weighted by Crippen LogP contribution is 2.26. The molecule has 0 radical (unpaired) electrons. The quantitative estimate of drug-likeness (QED) is 0.697. The molecule has 0 unspecified atom stereocenters. The van der Waals surface area contributed by atoms with Crippen LogP contribution in [0.25, 0.3) is 5.69 Å². The van der Waals surface area contributed by atoms with Gasteiger partial charge in [-0.05, 0) is 47.9 Å². The van der Waals surface area contributed by atoms with Crippen LogP contribution in [0.4, 0.5) is 0 Å². The lowest BCUT2D eigenvalue weighted by atomic mass is 10.0. The Morgan fingerprint density at radius 3 is 2.79 bits per heavy atom. The molecule has 0 saturated heterocycles. The van der Waals surface area contributed by atoms with Crippen LogP contribution in [-0.2, 0) is 19.4 Å². The van der Waals surface area contributed by atoms with Crippen molar-refractivity contribution in [2.45, 2.75) is 19.4 Å². The van der Waals surface area contributed by atoms with Gasteiger partial charge in [-0.3, -0.25) is 9.36 Å². The van der Waals surface area contributed by atoms with Crippen molar-refractivity contribution >= 4 is 15.9 Å². The van der Waals surface area contributed by atoms with Crippen molar-refractivity contribution in [2.24, 2.45) is 0 Å². The summed E-state index contributed by atoms with van der Waals surface area (Å²) in [6.07, 6.45) is 2.77. The van der Waals surface area contributed by atoms with Crippen LogP contribution in [0.1, 0.15) is 17.0 Å². The lowest BCUT2D eigenvalue weighted by Gasteiger charge is -2.20. The van der Waals surface area contributed by atoms with Crippen molar-refractivity contribution in [1.29, 1.82) is 0 Å².